The lowest BCUT2D eigenvalue weighted by Crippen LogP contribution is -2.25. The number of carbonyl (C=O) groups excluding carboxylic acids is 1. The van der Waals surface area contributed by atoms with Gasteiger partial charge in [-0.15, -0.1) is 0 Å². The van der Waals surface area contributed by atoms with Crippen LogP contribution in [-0.4, -0.2) is 34.5 Å². The Morgan fingerprint density at radius 1 is 1.27 bits per heavy atom. The van der Waals surface area contributed by atoms with Crippen LogP contribution in [0.1, 0.15) is 68.2 Å². The van der Waals surface area contributed by atoms with Crippen molar-refractivity contribution in [3.05, 3.63) is 35.3 Å². The van der Waals surface area contributed by atoms with Crippen molar-refractivity contribution < 1.29 is 9.53 Å². The van der Waals surface area contributed by atoms with E-state index in [9.17, 15) is 4.79 Å². The van der Waals surface area contributed by atoms with Gasteiger partial charge in [0.1, 0.15) is 5.65 Å². The molecule has 5 heteroatoms. The molecule has 1 saturated heterocycles. The first-order chi connectivity index (χ1) is 12.4. The van der Waals surface area contributed by atoms with Crippen molar-refractivity contribution in [1.82, 2.24) is 14.7 Å². The van der Waals surface area contributed by atoms with E-state index in [0.717, 1.165) is 56.7 Å². The SMILES string of the molecule is CC(C)(C)c1nc2cc(C(=O)NC3CC3)ccn2c1CC1CCOCC1. The van der Waals surface area contributed by atoms with Crippen molar-refractivity contribution in [2.75, 3.05) is 13.2 Å². The van der Waals surface area contributed by atoms with E-state index in [-0.39, 0.29) is 11.3 Å². The highest BCUT2D eigenvalue weighted by Gasteiger charge is 2.27. The van der Waals surface area contributed by atoms with E-state index in [1.165, 1.54) is 5.69 Å². The third-order valence-electron chi connectivity index (χ3n) is 5.43. The topological polar surface area (TPSA) is 55.6 Å². The van der Waals surface area contributed by atoms with Crippen molar-refractivity contribution in [1.29, 1.82) is 0 Å². The monoisotopic (exact) mass is 355 g/mol. The number of carbonyl (C=O) groups is 1. The smallest absolute Gasteiger partial charge is 0.251 e. The fraction of sp³-hybridized carbons (Fsp3) is 0.619. The molecule has 0 spiro atoms. The molecular formula is C21H29N3O2. The first kappa shape index (κ1) is 17.5. The third-order valence-corrected chi connectivity index (χ3v) is 5.43. The molecule has 3 heterocycles. The average Bonchev–Trinajstić information content (AvgIpc) is 3.34. The number of amides is 1. The first-order valence-electron chi connectivity index (χ1n) is 9.82. The zero-order chi connectivity index (χ0) is 18.3. The number of hydrogen-bond acceptors (Lipinski definition) is 3. The number of nitrogens with zero attached hydrogens (tertiary/aromatic N) is 2. The second kappa shape index (κ2) is 6.69. The Kier molecular flexibility index (Phi) is 4.51. The van der Waals surface area contributed by atoms with Gasteiger partial charge in [-0.3, -0.25) is 4.79 Å². The van der Waals surface area contributed by atoms with Gasteiger partial charge >= 0.3 is 0 Å². The highest BCUT2D eigenvalue weighted by Crippen LogP contribution is 2.30. The molecule has 2 fully saturated rings. The number of rotatable bonds is 4. The Morgan fingerprint density at radius 2 is 2.00 bits per heavy atom. The van der Waals surface area contributed by atoms with Crippen molar-refractivity contribution in [3.8, 4) is 0 Å². The molecule has 2 aromatic rings. The summed E-state index contributed by atoms with van der Waals surface area (Å²) in [5, 5.41) is 3.06. The maximum atomic E-state index is 12.4. The Balaban J connectivity index is 1.69. The van der Waals surface area contributed by atoms with Crippen molar-refractivity contribution in [2.24, 2.45) is 5.92 Å². The van der Waals surface area contributed by atoms with Crippen LogP contribution in [0.4, 0.5) is 0 Å². The molecule has 0 radical (unpaired) electrons. The van der Waals surface area contributed by atoms with Gasteiger partial charge in [-0.25, -0.2) is 4.98 Å². The van der Waals surface area contributed by atoms with E-state index in [1.54, 1.807) is 0 Å². The van der Waals surface area contributed by atoms with Gasteiger partial charge < -0.3 is 14.5 Å². The predicted molar refractivity (Wildman–Crippen MR) is 102 cm³/mol. The summed E-state index contributed by atoms with van der Waals surface area (Å²) in [6, 6.07) is 4.22. The molecule has 0 unspecified atom stereocenters. The van der Waals surface area contributed by atoms with Crippen molar-refractivity contribution in [2.45, 2.75) is 64.3 Å². The van der Waals surface area contributed by atoms with E-state index in [0.29, 0.717) is 17.5 Å². The van der Waals surface area contributed by atoms with Gasteiger partial charge in [0.05, 0.1) is 5.69 Å². The summed E-state index contributed by atoms with van der Waals surface area (Å²) < 4.78 is 7.70. The van der Waals surface area contributed by atoms with E-state index in [4.69, 9.17) is 9.72 Å². The summed E-state index contributed by atoms with van der Waals surface area (Å²) in [5.41, 5.74) is 3.98. The van der Waals surface area contributed by atoms with Crippen LogP contribution in [0.25, 0.3) is 5.65 Å². The lowest BCUT2D eigenvalue weighted by atomic mass is 9.86. The lowest BCUT2D eigenvalue weighted by molar-refractivity contribution is 0.0661. The molecule has 2 aromatic heterocycles. The molecule has 1 aliphatic carbocycles. The normalized spacial score (nSPS) is 19.0. The largest absolute Gasteiger partial charge is 0.381 e. The number of hydrogen-bond donors (Lipinski definition) is 1. The van der Waals surface area contributed by atoms with Crippen LogP contribution in [0.15, 0.2) is 18.3 Å². The minimum atomic E-state index is -0.0248. The number of ether oxygens (including phenoxy) is 1. The van der Waals surface area contributed by atoms with Gasteiger partial charge in [-0.2, -0.15) is 0 Å². The Bertz CT molecular complexity index is 809. The second-order valence-electron chi connectivity index (χ2n) is 8.81. The molecule has 2 aliphatic rings. The molecule has 140 valence electrons. The van der Waals surface area contributed by atoms with Crippen molar-refractivity contribution >= 4 is 11.6 Å². The van der Waals surface area contributed by atoms with Gasteiger partial charge in [0.2, 0.25) is 0 Å². The average molecular weight is 355 g/mol. The fourth-order valence-electron chi connectivity index (χ4n) is 3.75. The summed E-state index contributed by atoms with van der Waals surface area (Å²) in [7, 11) is 0. The summed E-state index contributed by atoms with van der Waals surface area (Å²) in [6.45, 7) is 8.35. The van der Waals surface area contributed by atoms with Crippen LogP contribution >= 0.6 is 0 Å². The highest BCUT2D eigenvalue weighted by molar-refractivity contribution is 5.95. The molecular weight excluding hydrogens is 326 g/mol. The molecule has 1 aliphatic heterocycles. The molecule has 0 atom stereocenters. The summed E-state index contributed by atoms with van der Waals surface area (Å²) in [6.07, 6.45) is 7.46. The lowest BCUT2D eigenvalue weighted by Gasteiger charge is -2.24. The quantitative estimate of drug-likeness (QED) is 0.913. The molecule has 0 aromatic carbocycles. The van der Waals surface area contributed by atoms with Crippen LogP contribution in [0, 0.1) is 5.92 Å². The highest BCUT2D eigenvalue weighted by atomic mass is 16.5. The van der Waals surface area contributed by atoms with Crippen LogP contribution < -0.4 is 5.32 Å². The number of nitrogens with one attached hydrogen (secondary N) is 1. The molecule has 4 rings (SSSR count). The minimum absolute atomic E-state index is 0.0151. The summed E-state index contributed by atoms with van der Waals surface area (Å²) >= 11 is 0. The molecule has 1 amide bonds. The van der Waals surface area contributed by atoms with Crippen molar-refractivity contribution in [3.63, 3.8) is 0 Å². The zero-order valence-electron chi connectivity index (χ0n) is 16.0. The Labute approximate surface area is 155 Å². The third kappa shape index (κ3) is 3.63. The zero-order valence-corrected chi connectivity index (χ0v) is 16.0. The Hall–Kier alpha value is -1.88. The summed E-state index contributed by atoms with van der Waals surface area (Å²) in [5.74, 6) is 0.656. The van der Waals surface area contributed by atoms with Gasteiger partial charge in [0.15, 0.2) is 0 Å². The van der Waals surface area contributed by atoms with E-state index in [2.05, 4.69) is 30.5 Å². The van der Waals surface area contributed by atoms with Gasteiger partial charge in [0, 0.05) is 42.1 Å². The van der Waals surface area contributed by atoms with Gasteiger partial charge in [-0.05, 0) is 50.2 Å². The van der Waals surface area contributed by atoms with E-state index >= 15 is 0 Å². The van der Waals surface area contributed by atoms with Crippen LogP contribution in [0.3, 0.4) is 0 Å². The molecule has 1 N–H and O–H groups in total. The maximum absolute atomic E-state index is 12.4. The maximum Gasteiger partial charge on any atom is 0.251 e. The van der Waals surface area contributed by atoms with Gasteiger partial charge in [0.25, 0.3) is 5.91 Å². The van der Waals surface area contributed by atoms with Crippen LogP contribution in [-0.2, 0) is 16.6 Å². The predicted octanol–water partition coefficient (Wildman–Crippen LogP) is 3.49. The van der Waals surface area contributed by atoms with E-state index in [1.807, 2.05) is 18.3 Å². The molecule has 5 nitrogen and oxygen atoms in total. The number of imidazole rings is 1. The minimum Gasteiger partial charge on any atom is -0.381 e. The number of fused-ring (bicyclic) bond motifs is 1. The Morgan fingerprint density at radius 3 is 2.65 bits per heavy atom. The second-order valence-corrected chi connectivity index (χ2v) is 8.81. The first-order valence-corrected chi connectivity index (χ1v) is 9.82. The number of pyridine rings is 1. The fourth-order valence-corrected chi connectivity index (χ4v) is 3.75. The summed E-state index contributed by atoms with van der Waals surface area (Å²) in [4.78, 5) is 17.3. The molecule has 0 bridgehead atoms. The van der Waals surface area contributed by atoms with Crippen LogP contribution in [0.5, 0.6) is 0 Å². The van der Waals surface area contributed by atoms with Gasteiger partial charge in [-0.1, -0.05) is 20.8 Å². The van der Waals surface area contributed by atoms with Crippen LogP contribution in [0.2, 0.25) is 0 Å². The number of aromatic nitrogens is 2. The standard InChI is InChI=1S/C21H29N3O2/c1-21(2,3)19-17(12-14-7-10-26-11-8-14)24-9-6-15(13-18(24)23-19)20(25)22-16-4-5-16/h6,9,13-14,16H,4-5,7-8,10-12H2,1-3H3,(H,22,25). The van der Waals surface area contributed by atoms with E-state index < -0.39 is 0 Å². The molecule has 1 saturated carbocycles. The molecule has 26 heavy (non-hydrogen) atoms.